The number of nitriles is 1. The third-order valence-electron chi connectivity index (χ3n) is 3.42. The van der Waals surface area contributed by atoms with Crippen LogP contribution in [0, 0.1) is 11.3 Å². The zero-order valence-corrected chi connectivity index (χ0v) is 13.2. The number of nitrogens with zero attached hydrogens (tertiary/aromatic N) is 4. The Morgan fingerprint density at radius 1 is 1.17 bits per heavy atom. The average molecular weight is 324 g/mol. The molecule has 2 aromatic heterocycles. The van der Waals surface area contributed by atoms with E-state index in [1.54, 1.807) is 16.9 Å². The molecule has 1 N–H and O–H groups in total. The number of halogens is 1. The predicted octanol–water partition coefficient (Wildman–Crippen LogP) is 3.54. The largest absolute Gasteiger partial charge is 0.371 e. The van der Waals surface area contributed by atoms with Crippen LogP contribution in [0.3, 0.4) is 0 Å². The smallest absolute Gasteiger partial charge is 0.140 e. The van der Waals surface area contributed by atoms with Gasteiger partial charge in [-0.3, -0.25) is 4.68 Å². The zero-order valence-electron chi connectivity index (χ0n) is 12.4. The number of hydrogen-bond acceptors (Lipinski definition) is 4. The Morgan fingerprint density at radius 3 is 2.52 bits per heavy atom. The molecule has 0 saturated heterocycles. The summed E-state index contributed by atoms with van der Waals surface area (Å²) < 4.78 is 1.76. The number of nitrogens with one attached hydrogen (secondary N) is 1. The fourth-order valence-corrected chi connectivity index (χ4v) is 2.41. The van der Waals surface area contributed by atoms with E-state index >= 15 is 0 Å². The van der Waals surface area contributed by atoms with Crippen LogP contribution in [0.1, 0.15) is 23.0 Å². The van der Waals surface area contributed by atoms with Gasteiger partial charge in [0.25, 0.3) is 0 Å². The molecule has 114 valence electrons. The van der Waals surface area contributed by atoms with Gasteiger partial charge < -0.3 is 5.32 Å². The summed E-state index contributed by atoms with van der Waals surface area (Å²) >= 11 is 5.98. The van der Waals surface area contributed by atoms with Crippen molar-refractivity contribution in [3.63, 3.8) is 0 Å². The van der Waals surface area contributed by atoms with Crippen LogP contribution in [-0.4, -0.2) is 14.8 Å². The third kappa shape index (κ3) is 3.50. The van der Waals surface area contributed by atoms with Crippen molar-refractivity contribution in [2.75, 3.05) is 5.32 Å². The highest BCUT2D eigenvalue weighted by molar-refractivity contribution is 6.30. The Morgan fingerprint density at radius 2 is 1.96 bits per heavy atom. The first-order valence-electron chi connectivity index (χ1n) is 7.03. The Balaban J connectivity index is 1.94. The van der Waals surface area contributed by atoms with Gasteiger partial charge in [0.05, 0.1) is 23.6 Å². The highest BCUT2D eigenvalue weighted by atomic mass is 35.5. The second-order valence-corrected chi connectivity index (χ2v) is 5.52. The van der Waals surface area contributed by atoms with Gasteiger partial charge in [-0.1, -0.05) is 23.7 Å². The fourth-order valence-electron chi connectivity index (χ4n) is 2.28. The molecule has 0 fully saturated rings. The molecule has 1 unspecified atom stereocenters. The van der Waals surface area contributed by atoms with E-state index in [0.29, 0.717) is 10.7 Å². The van der Waals surface area contributed by atoms with E-state index in [0.717, 1.165) is 16.9 Å². The van der Waals surface area contributed by atoms with E-state index in [1.807, 2.05) is 55.7 Å². The molecule has 2 heterocycles. The van der Waals surface area contributed by atoms with Crippen molar-refractivity contribution in [3.05, 3.63) is 76.8 Å². The lowest BCUT2D eigenvalue weighted by atomic mass is 10.0. The molecule has 0 radical (unpaired) electrons. The minimum absolute atomic E-state index is 0.136. The van der Waals surface area contributed by atoms with Crippen LogP contribution in [0.2, 0.25) is 5.02 Å². The maximum Gasteiger partial charge on any atom is 0.140 e. The minimum atomic E-state index is -0.136. The molecular weight excluding hydrogens is 310 g/mol. The zero-order chi connectivity index (χ0) is 16.2. The SMILES string of the molecule is Cn1ccc(C(Nc2ccc(C#N)nc2)c2ccc(Cl)cc2)n1. The summed E-state index contributed by atoms with van der Waals surface area (Å²) in [7, 11) is 1.88. The second kappa shape index (κ2) is 6.51. The van der Waals surface area contributed by atoms with Crippen LogP contribution in [0.15, 0.2) is 54.9 Å². The van der Waals surface area contributed by atoms with Crippen molar-refractivity contribution in [1.82, 2.24) is 14.8 Å². The van der Waals surface area contributed by atoms with Gasteiger partial charge in [0.1, 0.15) is 11.8 Å². The monoisotopic (exact) mass is 323 g/mol. The van der Waals surface area contributed by atoms with Gasteiger partial charge in [0.15, 0.2) is 0 Å². The van der Waals surface area contributed by atoms with Crippen LogP contribution in [0.4, 0.5) is 5.69 Å². The van der Waals surface area contributed by atoms with E-state index in [4.69, 9.17) is 16.9 Å². The summed E-state index contributed by atoms with van der Waals surface area (Å²) in [6, 6.07) is 15.0. The molecule has 3 rings (SSSR count). The van der Waals surface area contributed by atoms with Gasteiger partial charge in [0, 0.05) is 18.3 Å². The molecule has 5 nitrogen and oxygen atoms in total. The van der Waals surface area contributed by atoms with Crippen LogP contribution in [-0.2, 0) is 7.05 Å². The maximum absolute atomic E-state index is 8.84. The number of benzene rings is 1. The third-order valence-corrected chi connectivity index (χ3v) is 3.67. The lowest BCUT2D eigenvalue weighted by Crippen LogP contribution is -2.13. The summed E-state index contributed by atoms with van der Waals surface area (Å²) in [4.78, 5) is 4.09. The maximum atomic E-state index is 8.84. The summed E-state index contributed by atoms with van der Waals surface area (Å²) in [5.41, 5.74) is 3.13. The molecule has 23 heavy (non-hydrogen) atoms. The van der Waals surface area contributed by atoms with Crippen molar-refractivity contribution in [1.29, 1.82) is 5.26 Å². The van der Waals surface area contributed by atoms with Crippen molar-refractivity contribution < 1.29 is 0 Å². The van der Waals surface area contributed by atoms with Crippen LogP contribution in [0.5, 0.6) is 0 Å². The summed E-state index contributed by atoms with van der Waals surface area (Å²) in [6.07, 6.45) is 3.54. The van der Waals surface area contributed by atoms with Crippen molar-refractivity contribution >= 4 is 17.3 Å². The normalized spacial score (nSPS) is 11.7. The number of aryl methyl sites for hydroxylation is 1. The first-order valence-corrected chi connectivity index (χ1v) is 7.41. The average Bonchev–Trinajstić information content (AvgIpc) is 3.00. The predicted molar refractivity (Wildman–Crippen MR) is 89.1 cm³/mol. The molecule has 0 amide bonds. The molecular formula is C17H14ClN5. The Kier molecular flexibility index (Phi) is 4.26. The molecule has 6 heteroatoms. The van der Waals surface area contributed by atoms with Gasteiger partial charge in [-0.25, -0.2) is 4.98 Å². The van der Waals surface area contributed by atoms with Gasteiger partial charge in [-0.15, -0.1) is 0 Å². The standard InChI is InChI=1S/C17H14ClN5/c1-23-9-8-16(22-23)17(12-2-4-13(18)5-3-12)21-15-7-6-14(10-19)20-11-15/h2-9,11,17,21H,1H3. The quantitative estimate of drug-likeness (QED) is 0.797. The molecule has 3 aromatic rings. The van der Waals surface area contributed by atoms with Crippen molar-refractivity contribution in [2.24, 2.45) is 7.05 Å². The summed E-state index contributed by atoms with van der Waals surface area (Å²) in [6.45, 7) is 0. The molecule has 0 aliphatic heterocycles. The molecule has 0 bridgehead atoms. The number of pyridine rings is 1. The number of hydrogen-bond donors (Lipinski definition) is 1. The highest BCUT2D eigenvalue weighted by Crippen LogP contribution is 2.26. The Labute approximate surface area is 139 Å². The van der Waals surface area contributed by atoms with E-state index in [9.17, 15) is 0 Å². The molecule has 0 spiro atoms. The fraction of sp³-hybridized carbons (Fsp3) is 0.118. The van der Waals surface area contributed by atoms with E-state index in [-0.39, 0.29) is 6.04 Å². The van der Waals surface area contributed by atoms with Crippen LogP contribution >= 0.6 is 11.6 Å². The lowest BCUT2D eigenvalue weighted by molar-refractivity contribution is 0.729. The van der Waals surface area contributed by atoms with Gasteiger partial charge in [0.2, 0.25) is 0 Å². The Hall–Kier alpha value is -2.84. The van der Waals surface area contributed by atoms with Gasteiger partial charge in [-0.05, 0) is 35.9 Å². The molecule has 1 aromatic carbocycles. The molecule has 0 aliphatic rings. The molecule has 0 aliphatic carbocycles. The summed E-state index contributed by atoms with van der Waals surface area (Å²) in [5, 5.41) is 17.4. The van der Waals surface area contributed by atoms with E-state index < -0.39 is 0 Å². The lowest BCUT2D eigenvalue weighted by Gasteiger charge is -2.18. The topological polar surface area (TPSA) is 66.5 Å². The molecule has 1 atom stereocenters. The van der Waals surface area contributed by atoms with Crippen molar-refractivity contribution in [3.8, 4) is 6.07 Å². The van der Waals surface area contributed by atoms with Crippen molar-refractivity contribution in [2.45, 2.75) is 6.04 Å². The number of rotatable bonds is 4. The van der Waals surface area contributed by atoms with Gasteiger partial charge in [-0.2, -0.15) is 10.4 Å². The highest BCUT2D eigenvalue weighted by Gasteiger charge is 2.17. The van der Waals surface area contributed by atoms with Gasteiger partial charge >= 0.3 is 0 Å². The number of anilines is 1. The van der Waals surface area contributed by atoms with E-state index in [2.05, 4.69) is 15.4 Å². The minimum Gasteiger partial charge on any atom is -0.371 e. The first kappa shape index (κ1) is 15.1. The number of aromatic nitrogens is 3. The van der Waals surface area contributed by atoms with E-state index in [1.165, 1.54) is 0 Å². The van der Waals surface area contributed by atoms with Crippen LogP contribution in [0.25, 0.3) is 0 Å². The summed E-state index contributed by atoms with van der Waals surface area (Å²) in [5.74, 6) is 0. The van der Waals surface area contributed by atoms with Crippen LogP contribution < -0.4 is 5.32 Å². The second-order valence-electron chi connectivity index (χ2n) is 5.09. The molecule has 0 saturated carbocycles. The first-order chi connectivity index (χ1) is 11.2. The Bertz CT molecular complexity index is 831.